The molecule has 0 saturated heterocycles. The maximum Gasteiger partial charge on any atom is 0.280 e. The molecule has 1 aromatic heterocycles. The van der Waals surface area contributed by atoms with Crippen LogP contribution in [-0.2, 0) is 5.41 Å². The highest BCUT2D eigenvalue weighted by Gasteiger charge is 2.25. The van der Waals surface area contributed by atoms with E-state index in [2.05, 4.69) is 32.6 Å². The third kappa shape index (κ3) is 3.32. The van der Waals surface area contributed by atoms with Gasteiger partial charge in [0.15, 0.2) is 5.82 Å². The van der Waals surface area contributed by atoms with Crippen LogP contribution in [0.4, 0.5) is 5.69 Å². The van der Waals surface area contributed by atoms with Crippen LogP contribution >= 0.6 is 34.2 Å². The number of nitro groups is 1. The minimum atomic E-state index is -0.443. The maximum atomic E-state index is 11.1. The fourth-order valence-electron chi connectivity index (χ4n) is 1.86. The number of nitro benzene ring substituents is 1. The summed E-state index contributed by atoms with van der Waals surface area (Å²) in [4.78, 5) is 19.4. The quantitative estimate of drug-likeness (QED) is 0.310. The van der Waals surface area contributed by atoms with Crippen molar-refractivity contribution in [1.82, 2.24) is 9.97 Å². The molecule has 7 heteroatoms. The van der Waals surface area contributed by atoms with Crippen LogP contribution in [0.2, 0.25) is 5.15 Å². The summed E-state index contributed by atoms with van der Waals surface area (Å²) in [5.74, 6) is 0.276. The predicted octanol–water partition coefficient (Wildman–Crippen LogP) is 4.61. The molecule has 0 atom stereocenters. The first-order valence-electron chi connectivity index (χ1n) is 6.19. The molecule has 0 N–H and O–H groups in total. The largest absolute Gasteiger partial charge is 0.280 e. The first-order chi connectivity index (χ1) is 9.71. The summed E-state index contributed by atoms with van der Waals surface area (Å²) >= 11 is 8.28. The van der Waals surface area contributed by atoms with Gasteiger partial charge >= 0.3 is 0 Å². The third-order valence-electron chi connectivity index (χ3n) is 2.86. The average Bonchev–Trinajstić information content (AvgIpc) is 2.40. The number of hydrogen-bond donors (Lipinski definition) is 0. The molecule has 1 heterocycles. The van der Waals surface area contributed by atoms with Crippen molar-refractivity contribution >= 4 is 39.9 Å². The zero-order valence-corrected chi connectivity index (χ0v) is 14.6. The number of benzene rings is 1. The topological polar surface area (TPSA) is 68.9 Å². The molecule has 0 radical (unpaired) electrons. The van der Waals surface area contributed by atoms with Gasteiger partial charge in [-0.25, -0.2) is 9.97 Å². The highest BCUT2D eigenvalue weighted by Crippen LogP contribution is 2.33. The van der Waals surface area contributed by atoms with E-state index < -0.39 is 4.92 Å². The number of hydrogen-bond acceptors (Lipinski definition) is 4. The Bertz CT molecular complexity index is 714. The van der Waals surface area contributed by atoms with Crippen molar-refractivity contribution in [2.45, 2.75) is 26.2 Å². The van der Waals surface area contributed by atoms with E-state index in [9.17, 15) is 10.1 Å². The second-order valence-electron chi connectivity index (χ2n) is 5.52. The normalized spacial score (nSPS) is 11.5. The van der Waals surface area contributed by atoms with E-state index in [1.165, 1.54) is 6.07 Å². The van der Waals surface area contributed by atoms with Crippen LogP contribution in [0, 0.1) is 13.7 Å². The smallest absolute Gasteiger partial charge is 0.258 e. The van der Waals surface area contributed by atoms with Gasteiger partial charge in [0.1, 0.15) is 5.15 Å². The molecule has 0 saturated carbocycles. The fraction of sp³-hybridized carbons (Fsp3) is 0.286. The molecule has 110 valence electrons. The van der Waals surface area contributed by atoms with Gasteiger partial charge in [-0.3, -0.25) is 10.1 Å². The molecule has 0 aliphatic heterocycles. The van der Waals surface area contributed by atoms with E-state index in [1.54, 1.807) is 18.2 Å². The van der Waals surface area contributed by atoms with E-state index in [1.807, 2.05) is 20.8 Å². The molecule has 0 unspecified atom stereocenters. The molecule has 1 aromatic carbocycles. The minimum absolute atomic E-state index is 0.0327. The van der Waals surface area contributed by atoms with Crippen LogP contribution in [0.5, 0.6) is 0 Å². The predicted molar refractivity (Wildman–Crippen MR) is 90.5 cm³/mol. The Morgan fingerprint density at radius 1 is 1.24 bits per heavy atom. The van der Waals surface area contributed by atoms with Gasteiger partial charge in [-0.05, 0) is 28.7 Å². The molecule has 0 fully saturated rings. The van der Waals surface area contributed by atoms with Crippen molar-refractivity contribution in [2.24, 2.45) is 0 Å². The fourth-order valence-corrected chi connectivity index (χ4v) is 3.08. The number of rotatable bonds is 2. The van der Waals surface area contributed by atoms with Gasteiger partial charge in [0.05, 0.1) is 19.8 Å². The minimum Gasteiger partial charge on any atom is -0.258 e. The molecular weight excluding hydrogens is 405 g/mol. The maximum absolute atomic E-state index is 11.1. The summed E-state index contributed by atoms with van der Waals surface area (Å²) in [5, 5.41) is 11.5. The third-order valence-corrected chi connectivity index (χ3v) is 4.48. The van der Waals surface area contributed by atoms with Gasteiger partial charge in [-0.15, -0.1) is 0 Å². The van der Waals surface area contributed by atoms with Crippen molar-refractivity contribution in [3.05, 3.63) is 48.8 Å². The Kier molecular flexibility index (Phi) is 4.48. The first kappa shape index (κ1) is 16.1. The zero-order chi connectivity index (χ0) is 15.8. The van der Waals surface area contributed by atoms with Crippen molar-refractivity contribution in [3.8, 4) is 11.4 Å². The monoisotopic (exact) mass is 417 g/mol. The average molecular weight is 418 g/mol. The highest BCUT2D eigenvalue weighted by molar-refractivity contribution is 14.1. The molecular formula is C14H13ClIN3O2. The Balaban J connectivity index is 2.72. The van der Waals surface area contributed by atoms with Gasteiger partial charge in [0, 0.05) is 11.5 Å². The SMILES string of the molecule is CC(C)(C)c1nc(-c2ccccc2[N+](=O)[O-])nc(Cl)c1I. The van der Waals surface area contributed by atoms with Gasteiger partial charge < -0.3 is 0 Å². The number of nitrogens with zero attached hydrogens (tertiary/aromatic N) is 3. The van der Waals surface area contributed by atoms with Crippen molar-refractivity contribution in [2.75, 3.05) is 0 Å². The van der Waals surface area contributed by atoms with E-state index in [4.69, 9.17) is 11.6 Å². The summed E-state index contributed by atoms with van der Waals surface area (Å²) in [7, 11) is 0. The Morgan fingerprint density at radius 2 is 1.86 bits per heavy atom. The van der Waals surface area contributed by atoms with Crippen LogP contribution in [0.25, 0.3) is 11.4 Å². The van der Waals surface area contributed by atoms with Crippen molar-refractivity contribution < 1.29 is 4.92 Å². The van der Waals surface area contributed by atoms with Gasteiger partial charge in [0.25, 0.3) is 5.69 Å². The number of para-hydroxylation sites is 1. The van der Waals surface area contributed by atoms with Crippen molar-refractivity contribution in [1.29, 1.82) is 0 Å². The Labute approximate surface area is 141 Å². The van der Waals surface area contributed by atoms with E-state index >= 15 is 0 Å². The summed E-state index contributed by atoms with van der Waals surface area (Å²) in [6, 6.07) is 6.39. The van der Waals surface area contributed by atoms with Crippen molar-refractivity contribution in [3.63, 3.8) is 0 Å². The molecule has 21 heavy (non-hydrogen) atoms. The van der Waals surface area contributed by atoms with Crippen LogP contribution in [0.15, 0.2) is 24.3 Å². The molecule has 0 aliphatic carbocycles. The second kappa shape index (κ2) is 5.84. The van der Waals surface area contributed by atoms with Crippen LogP contribution in [0.1, 0.15) is 26.5 Å². The zero-order valence-electron chi connectivity index (χ0n) is 11.7. The second-order valence-corrected chi connectivity index (χ2v) is 6.96. The lowest BCUT2D eigenvalue weighted by Crippen LogP contribution is -2.17. The molecule has 0 aliphatic rings. The van der Waals surface area contributed by atoms with E-state index in [-0.39, 0.29) is 16.9 Å². The Hall–Kier alpha value is -1.28. The number of halogens is 2. The lowest BCUT2D eigenvalue weighted by molar-refractivity contribution is -0.384. The van der Waals surface area contributed by atoms with Crippen LogP contribution in [-0.4, -0.2) is 14.9 Å². The molecule has 2 aromatic rings. The molecule has 0 bridgehead atoms. The van der Waals surface area contributed by atoms with E-state index in [0.29, 0.717) is 10.7 Å². The van der Waals surface area contributed by atoms with Crippen LogP contribution in [0.3, 0.4) is 0 Å². The molecule has 0 amide bonds. The lowest BCUT2D eigenvalue weighted by Gasteiger charge is -2.20. The Morgan fingerprint density at radius 3 is 2.43 bits per heavy atom. The number of aromatic nitrogens is 2. The van der Waals surface area contributed by atoms with Gasteiger partial charge in [-0.2, -0.15) is 0 Å². The van der Waals surface area contributed by atoms with Crippen LogP contribution < -0.4 is 0 Å². The molecule has 0 spiro atoms. The summed E-state index contributed by atoms with van der Waals surface area (Å²) < 4.78 is 0.768. The summed E-state index contributed by atoms with van der Waals surface area (Å²) in [6.07, 6.45) is 0. The van der Waals surface area contributed by atoms with Gasteiger partial charge in [-0.1, -0.05) is 44.5 Å². The summed E-state index contributed by atoms with van der Waals surface area (Å²) in [5.41, 5.74) is 0.874. The molecule has 2 rings (SSSR count). The standard InChI is InChI=1S/C14H13ClIN3O2/c1-14(2,3)11-10(16)12(15)18-13(17-11)8-6-4-5-7-9(8)19(20)21/h4-7H,1-3H3. The molecule has 5 nitrogen and oxygen atoms in total. The summed E-state index contributed by atoms with van der Waals surface area (Å²) in [6.45, 7) is 6.03. The first-order valence-corrected chi connectivity index (χ1v) is 7.65. The van der Waals surface area contributed by atoms with Gasteiger partial charge in [0.2, 0.25) is 0 Å². The van der Waals surface area contributed by atoms with E-state index in [0.717, 1.165) is 9.26 Å². The lowest BCUT2D eigenvalue weighted by atomic mass is 9.92. The highest BCUT2D eigenvalue weighted by atomic mass is 127.